The zero-order chi connectivity index (χ0) is 22.2. The highest BCUT2D eigenvalue weighted by molar-refractivity contribution is 6.39. The van der Waals surface area contributed by atoms with Gasteiger partial charge in [0.15, 0.2) is 0 Å². The summed E-state index contributed by atoms with van der Waals surface area (Å²) in [4.78, 5) is 39.9. The molecule has 1 aliphatic heterocycles. The summed E-state index contributed by atoms with van der Waals surface area (Å²) in [5.41, 5.74) is 3.59. The molecule has 3 amide bonds. The Morgan fingerprint density at radius 1 is 1.00 bits per heavy atom. The molecular weight excluding hydrogens is 392 g/mol. The van der Waals surface area contributed by atoms with Crippen molar-refractivity contribution in [3.8, 4) is 0 Å². The van der Waals surface area contributed by atoms with Crippen LogP contribution in [0.4, 0.5) is 5.69 Å². The lowest BCUT2D eigenvalue weighted by atomic mass is 10.1. The Labute approximate surface area is 183 Å². The van der Waals surface area contributed by atoms with E-state index in [1.807, 2.05) is 48.2 Å². The molecule has 7 nitrogen and oxygen atoms in total. The minimum atomic E-state index is -0.659. The molecule has 0 aliphatic carbocycles. The Kier molecular flexibility index (Phi) is 7.78. The van der Waals surface area contributed by atoms with Crippen LogP contribution in [0.15, 0.2) is 48.5 Å². The SMILES string of the molecule is CCc1ccc(NC(=O)C(=O)NCC[NH+]2CCN(C(=O)c3cccc(C)c3)CC2)cc1. The lowest BCUT2D eigenvalue weighted by Crippen LogP contribution is -3.15. The van der Waals surface area contributed by atoms with Crippen molar-refractivity contribution < 1.29 is 19.3 Å². The summed E-state index contributed by atoms with van der Waals surface area (Å²) in [7, 11) is 0. The minimum absolute atomic E-state index is 0.0692. The summed E-state index contributed by atoms with van der Waals surface area (Å²) in [6, 6.07) is 15.1. The lowest BCUT2D eigenvalue weighted by molar-refractivity contribution is -0.902. The Hall–Kier alpha value is -3.19. The average molecular weight is 424 g/mol. The van der Waals surface area contributed by atoms with Crippen LogP contribution in [0, 0.1) is 6.92 Å². The second kappa shape index (κ2) is 10.7. The first kappa shape index (κ1) is 22.5. The highest BCUT2D eigenvalue weighted by Crippen LogP contribution is 2.10. The van der Waals surface area contributed by atoms with Crippen molar-refractivity contribution in [1.29, 1.82) is 0 Å². The monoisotopic (exact) mass is 423 g/mol. The maximum atomic E-state index is 12.6. The van der Waals surface area contributed by atoms with Gasteiger partial charge in [-0.2, -0.15) is 0 Å². The number of piperazine rings is 1. The smallest absolute Gasteiger partial charge is 0.313 e. The molecule has 0 radical (unpaired) electrons. The molecule has 1 fully saturated rings. The van der Waals surface area contributed by atoms with Gasteiger partial charge in [0.2, 0.25) is 0 Å². The van der Waals surface area contributed by atoms with Gasteiger partial charge in [0.1, 0.15) is 0 Å². The van der Waals surface area contributed by atoms with Crippen LogP contribution in [-0.4, -0.2) is 61.9 Å². The number of benzene rings is 2. The third kappa shape index (κ3) is 6.39. The number of quaternary nitrogens is 1. The molecule has 3 rings (SSSR count). The predicted molar refractivity (Wildman–Crippen MR) is 120 cm³/mol. The van der Waals surface area contributed by atoms with Crippen molar-refractivity contribution in [2.45, 2.75) is 20.3 Å². The van der Waals surface area contributed by atoms with Crippen molar-refractivity contribution in [3.63, 3.8) is 0 Å². The number of aryl methyl sites for hydroxylation is 2. The Balaban J connectivity index is 1.37. The van der Waals surface area contributed by atoms with Crippen molar-refractivity contribution in [2.75, 3.05) is 44.6 Å². The van der Waals surface area contributed by atoms with Crippen LogP contribution in [0.3, 0.4) is 0 Å². The Morgan fingerprint density at radius 3 is 2.35 bits per heavy atom. The van der Waals surface area contributed by atoms with Crippen molar-refractivity contribution in [2.24, 2.45) is 0 Å². The predicted octanol–water partition coefficient (Wildman–Crippen LogP) is 0.653. The zero-order valence-electron chi connectivity index (χ0n) is 18.2. The Morgan fingerprint density at radius 2 is 1.71 bits per heavy atom. The van der Waals surface area contributed by atoms with Gasteiger partial charge in [0.25, 0.3) is 5.91 Å². The van der Waals surface area contributed by atoms with E-state index in [2.05, 4.69) is 17.6 Å². The number of hydrogen-bond donors (Lipinski definition) is 3. The fourth-order valence-electron chi connectivity index (χ4n) is 3.68. The van der Waals surface area contributed by atoms with E-state index >= 15 is 0 Å². The fraction of sp³-hybridized carbons (Fsp3) is 0.375. The fourth-order valence-corrected chi connectivity index (χ4v) is 3.68. The largest absolute Gasteiger partial charge is 0.342 e. The first-order valence-electron chi connectivity index (χ1n) is 10.8. The molecule has 0 unspecified atom stereocenters. The van der Waals surface area contributed by atoms with Gasteiger partial charge in [0.05, 0.1) is 39.3 Å². The van der Waals surface area contributed by atoms with Gasteiger partial charge in [0, 0.05) is 11.3 Å². The number of hydrogen-bond acceptors (Lipinski definition) is 3. The molecule has 164 valence electrons. The van der Waals surface area contributed by atoms with E-state index in [-0.39, 0.29) is 5.91 Å². The third-order valence-corrected chi connectivity index (χ3v) is 5.61. The van der Waals surface area contributed by atoms with Gasteiger partial charge in [-0.25, -0.2) is 0 Å². The van der Waals surface area contributed by atoms with Gasteiger partial charge in [-0.15, -0.1) is 0 Å². The molecule has 0 bridgehead atoms. The van der Waals surface area contributed by atoms with Crippen LogP contribution >= 0.6 is 0 Å². The molecule has 2 aromatic rings. The number of rotatable bonds is 6. The molecule has 2 aromatic carbocycles. The van der Waals surface area contributed by atoms with E-state index in [4.69, 9.17) is 0 Å². The maximum Gasteiger partial charge on any atom is 0.313 e. The second-order valence-corrected chi connectivity index (χ2v) is 7.92. The van der Waals surface area contributed by atoms with Gasteiger partial charge in [-0.3, -0.25) is 14.4 Å². The van der Waals surface area contributed by atoms with Gasteiger partial charge >= 0.3 is 11.8 Å². The molecule has 0 saturated carbocycles. The van der Waals surface area contributed by atoms with Crippen LogP contribution in [0.5, 0.6) is 0 Å². The van der Waals surface area contributed by atoms with Crippen molar-refractivity contribution in [3.05, 3.63) is 65.2 Å². The molecule has 31 heavy (non-hydrogen) atoms. The van der Waals surface area contributed by atoms with Crippen molar-refractivity contribution >= 4 is 23.4 Å². The van der Waals surface area contributed by atoms with E-state index in [0.717, 1.165) is 37.2 Å². The topological polar surface area (TPSA) is 82.9 Å². The first-order valence-corrected chi connectivity index (χ1v) is 10.8. The number of anilines is 1. The normalized spacial score (nSPS) is 14.2. The van der Waals surface area contributed by atoms with Crippen LogP contribution in [-0.2, 0) is 16.0 Å². The molecule has 1 saturated heterocycles. The van der Waals surface area contributed by atoms with Gasteiger partial charge in [-0.05, 0) is 43.2 Å². The number of carbonyl (C=O) groups is 3. The number of carbonyl (C=O) groups excluding carboxylic acids is 3. The maximum absolute atomic E-state index is 12.6. The molecule has 7 heteroatoms. The standard InChI is InChI=1S/C24H30N4O3/c1-3-19-7-9-21(10-8-19)26-23(30)22(29)25-11-12-27-13-15-28(16-14-27)24(31)20-6-4-5-18(2)17-20/h4-10,17H,3,11-16H2,1-2H3,(H,25,29)(H,26,30)/p+1. The van der Waals surface area contributed by atoms with E-state index < -0.39 is 11.8 Å². The van der Waals surface area contributed by atoms with Crippen LogP contribution in [0.2, 0.25) is 0 Å². The quantitative estimate of drug-likeness (QED) is 0.597. The minimum Gasteiger partial charge on any atom is -0.342 e. The Bertz CT molecular complexity index is 919. The number of nitrogens with one attached hydrogen (secondary N) is 3. The third-order valence-electron chi connectivity index (χ3n) is 5.61. The van der Waals surface area contributed by atoms with Crippen LogP contribution in [0.25, 0.3) is 0 Å². The summed E-state index contributed by atoms with van der Waals surface area (Å²) in [5, 5.41) is 5.30. The molecule has 1 heterocycles. The van der Waals surface area contributed by atoms with Crippen molar-refractivity contribution in [1.82, 2.24) is 10.2 Å². The van der Waals surface area contributed by atoms with E-state index in [0.29, 0.717) is 25.3 Å². The van der Waals surface area contributed by atoms with Crippen LogP contribution in [0.1, 0.15) is 28.4 Å². The number of nitrogens with zero attached hydrogens (tertiary/aromatic N) is 1. The van der Waals surface area contributed by atoms with Gasteiger partial charge in [-0.1, -0.05) is 36.8 Å². The van der Waals surface area contributed by atoms with E-state index in [9.17, 15) is 14.4 Å². The second-order valence-electron chi connectivity index (χ2n) is 7.92. The summed E-state index contributed by atoms with van der Waals surface area (Å²) in [5.74, 6) is -1.22. The molecular formula is C24H31N4O3+. The van der Waals surface area contributed by atoms with E-state index in [1.54, 1.807) is 12.1 Å². The summed E-state index contributed by atoms with van der Waals surface area (Å²) in [6.07, 6.45) is 0.922. The molecule has 3 N–H and O–H groups in total. The summed E-state index contributed by atoms with van der Waals surface area (Å²) < 4.78 is 0. The van der Waals surface area contributed by atoms with Gasteiger partial charge < -0.3 is 20.4 Å². The molecule has 0 atom stereocenters. The highest BCUT2D eigenvalue weighted by atomic mass is 16.2. The highest BCUT2D eigenvalue weighted by Gasteiger charge is 2.24. The number of amides is 3. The average Bonchev–Trinajstić information content (AvgIpc) is 2.79. The molecule has 0 spiro atoms. The molecule has 1 aliphatic rings. The summed E-state index contributed by atoms with van der Waals surface area (Å²) in [6.45, 7) is 8.20. The van der Waals surface area contributed by atoms with E-state index in [1.165, 1.54) is 10.5 Å². The first-order chi connectivity index (χ1) is 15.0. The summed E-state index contributed by atoms with van der Waals surface area (Å²) >= 11 is 0. The zero-order valence-corrected chi connectivity index (χ0v) is 18.2. The lowest BCUT2D eigenvalue weighted by Gasteiger charge is -2.32. The van der Waals surface area contributed by atoms with Crippen LogP contribution < -0.4 is 15.5 Å². The molecule has 0 aromatic heterocycles.